The largest absolute Gasteiger partial charge is 0.382 e. The second-order valence-electron chi connectivity index (χ2n) is 6.59. The van der Waals surface area contributed by atoms with Crippen molar-refractivity contribution >= 4 is 21.6 Å². The molecule has 1 fully saturated rings. The first kappa shape index (κ1) is 13.9. The summed E-state index contributed by atoms with van der Waals surface area (Å²) in [5.74, 6) is 0.747. The summed E-state index contributed by atoms with van der Waals surface area (Å²) < 4.78 is 1.16. The van der Waals surface area contributed by atoms with Crippen molar-refractivity contribution in [3.8, 4) is 0 Å². The molecule has 2 unspecified atom stereocenters. The van der Waals surface area contributed by atoms with Crippen LogP contribution >= 0.6 is 15.9 Å². The van der Waals surface area contributed by atoms with Crippen molar-refractivity contribution in [2.24, 2.45) is 11.3 Å². The average molecular weight is 310 g/mol. The molecule has 1 aromatic carbocycles. The fraction of sp³-hybridized carbons (Fsp3) is 0.625. The first-order valence-corrected chi connectivity index (χ1v) is 7.69. The molecule has 1 aliphatic rings. The highest BCUT2D eigenvalue weighted by molar-refractivity contribution is 9.10. The highest BCUT2D eigenvalue weighted by Crippen LogP contribution is 2.39. The Hall–Kier alpha value is -0.500. The minimum atomic E-state index is 0.520. The number of hydrogen-bond donors (Lipinski definition) is 1. The number of anilines is 1. The number of aryl methyl sites for hydroxylation is 1. The molecule has 2 heteroatoms. The molecule has 0 radical (unpaired) electrons. The van der Waals surface area contributed by atoms with Gasteiger partial charge in [0.2, 0.25) is 0 Å². The number of halogens is 1. The third-order valence-electron chi connectivity index (χ3n) is 4.22. The molecule has 0 spiro atoms. The van der Waals surface area contributed by atoms with Gasteiger partial charge in [-0.25, -0.2) is 0 Å². The fourth-order valence-electron chi connectivity index (χ4n) is 3.15. The lowest BCUT2D eigenvalue weighted by Crippen LogP contribution is -2.37. The van der Waals surface area contributed by atoms with Gasteiger partial charge >= 0.3 is 0 Å². The van der Waals surface area contributed by atoms with Gasteiger partial charge in [-0.1, -0.05) is 36.7 Å². The summed E-state index contributed by atoms with van der Waals surface area (Å²) in [6.07, 6.45) is 3.93. The van der Waals surface area contributed by atoms with Crippen LogP contribution in [0.3, 0.4) is 0 Å². The summed E-state index contributed by atoms with van der Waals surface area (Å²) in [5, 5.41) is 3.74. The van der Waals surface area contributed by atoms with Crippen LogP contribution in [0.25, 0.3) is 0 Å². The standard InChI is InChI=1S/C16H24BrN/c1-11-9-13(17)5-6-14(11)18-15-7-8-16(3,4)10-12(15)2/h5-6,9,12,15,18H,7-8,10H2,1-4H3. The van der Waals surface area contributed by atoms with Gasteiger partial charge in [-0.15, -0.1) is 0 Å². The van der Waals surface area contributed by atoms with E-state index in [4.69, 9.17) is 0 Å². The van der Waals surface area contributed by atoms with E-state index in [1.807, 2.05) is 0 Å². The van der Waals surface area contributed by atoms with Crippen molar-refractivity contribution in [1.82, 2.24) is 0 Å². The Labute approximate surface area is 119 Å². The van der Waals surface area contributed by atoms with Crippen LogP contribution < -0.4 is 5.32 Å². The minimum absolute atomic E-state index is 0.520. The predicted octanol–water partition coefficient (Wildman–Crippen LogP) is 5.38. The predicted molar refractivity (Wildman–Crippen MR) is 83.1 cm³/mol. The number of benzene rings is 1. The summed E-state index contributed by atoms with van der Waals surface area (Å²) in [6.45, 7) is 9.34. The van der Waals surface area contributed by atoms with Crippen LogP contribution in [0.1, 0.15) is 45.6 Å². The summed E-state index contributed by atoms with van der Waals surface area (Å²) in [5.41, 5.74) is 3.13. The van der Waals surface area contributed by atoms with E-state index in [9.17, 15) is 0 Å². The normalized spacial score (nSPS) is 26.9. The molecule has 2 rings (SSSR count). The van der Waals surface area contributed by atoms with Gasteiger partial charge in [0.05, 0.1) is 0 Å². The number of hydrogen-bond acceptors (Lipinski definition) is 1. The van der Waals surface area contributed by atoms with Crippen LogP contribution in [-0.2, 0) is 0 Å². The number of rotatable bonds is 2. The second-order valence-corrected chi connectivity index (χ2v) is 7.51. The van der Waals surface area contributed by atoms with Crippen LogP contribution in [0.15, 0.2) is 22.7 Å². The molecule has 1 aliphatic carbocycles. The molecule has 0 amide bonds. The summed E-state index contributed by atoms with van der Waals surface area (Å²) >= 11 is 3.52. The summed E-state index contributed by atoms with van der Waals surface area (Å²) in [7, 11) is 0. The Morgan fingerprint density at radius 1 is 1.33 bits per heavy atom. The van der Waals surface area contributed by atoms with E-state index in [-0.39, 0.29) is 0 Å². The van der Waals surface area contributed by atoms with Crippen LogP contribution in [-0.4, -0.2) is 6.04 Å². The molecule has 1 saturated carbocycles. The maximum atomic E-state index is 3.74. The maximum Gasteiger partial charge on any atom is 0.0372 e. The van der Waals surface area contributed by atoms with E-state index in [1.54, 1.807) is 0 Å². The minimum Gasteiger partial charge on any atom is -0.382 e. The first-order chi connectivity index (χ1) is 8.37. The van der Waals surface area contributed by atoms with Gasteiger partial charge in [-0.2, -0.15) is 0 Å². The molecule has 0 aliphatic heterocycles. The van der Waals surface area contributed by atoms with E-state index in [0.717, 1.165) is 10.4 Å². The Balaban J connectivity index is 2.06. The summed E-state index contributed by atoms with van der Waals surface area (Å²) in [4.78, 5) is 0. The molecule has 2 atom stereocenters. The van der Waals surface area contributed by atoms with E-state index in [0.29, 0.717) is 11.5 Å². The lowest BCUT2D eigenvalue weighted by Gasteiger charge is -2.40. The smallest absolute Gasteiger partial charge is 0.0372 e. The zero-order valence-corrected chi connectivity index (χ0v) is 13.5. The van der Waals surface area contributed by atoms with Gasteiger partial charge in [0.15, 0.2) is 0 Å². The zero-order chi connectivity index (χ0) is 13.3. The lowest BCUT2D eigenvalue weighted by molar-refractivity contribution is 0.177. The molecular formula is C16H24BrN. The van der Waals surface area contributed by atoms with Gasteiger partial charge in [0.1, 0.15) is 0 Å². The highest BCUT2D eigenvalue weighted by Gasteiger charge is 2.32. The van der Waals surface area contributed by atoms with Crippen LogP contribution in [0, 0.1) is 18.3 Å². The SMILES string of the molecule is Cc1cc(Br)ccc1NC1CCC(C)(C)CC1C. The Bertz CT molecular complexity index is 425. The molecule has 1 N–H and O–H groups in total. The average Bonchev–Trinajstić information content (AvgIpc) is 2.24. The lowest BCUT2D eigenvalue weighted by atomic mass is 9.70. The van der Waals surface area contributed by atoms with E-state index >= 15 is 0 Å². The number of nitrogens with one attached hydrogen (secondary N) is 1. The van der Waals surface area contributed by atoms with Crippen LogP contribution in [0.4, 0.5) is 5.69 Å². The van der Waals surface area contributed by atoms with Gasteiger partial charge in [0, 0.05) is 16.2 Å². The van der Waals surface area contributed by atoms with Crippen LogP contribution in [0.5, 0.6) is 0 Å². The van der Waals surface area contributed by atoms with Crippen LogP contribution in [0.2, 0.25) is 0 Å². The maximum absolute atomic E-state index is 3.74. The van der Waals surface area contributed by atoms with E-state index in [2.05, 4.69) is 67.1 Å². The molecule has 1 aromatic rings. The monoisotopic (exact) mass is 309 g/mol. The quantitative estimate of drug-likeness (QED) is 0.773. The third-order valence-corrected chi connectivity index (χ3v) is 4.72. The molecule has 0 heterocycles. The molecule has 0 saturated heterocycles. The van der Waals surface area contributed by atoms with Gasteiger partial charge in [-0.3, -0.25) is 0 Å². The Morgan fingerprint density at radius 3 is 2.67 bits per heavy atom. The van der Waals surface area contributed by atoms with Crippen molar-refractivity contribution < 1.29 is 0 Å². The third kappa shape index (κ3) is 3.28. The van der Waals surface area contributed by atoms with Crippen molar-refractivity contribution in [3.63, 3.8) is 0 Å². The molecule has 0 bridgehead atoms. The van der Waals surface area contributed by atoms with Crippen molar-refractivity contribution in [2.45, 2.75) is 53.0 Å². The van der Waals surface area contributed by atoms with Gasteiger partial charge in [-0.05, 0) is 61.3 Å². The molecule has 1 nitrogen and oxygen atoms in total. The molecular weight excluding hydrogens is 286 g/mol. The second kappa shape index (κ2) is 5.24. The fourth-order valence-corrected chi connectivity index (χ4v) is 3.63. The van der Waals surface area contributed by atoms with Gasteiger partial charge < -0.3 is 5.32 Å². The molecule has 100 valence electrons. The topological polar surface area (TPSA) is 12.0 Å². The van der Waals surface area contributed by atoms with E-state index < -0.39 is 0 Å². The highest BCUT2D eigenvalue weighted by atomic mass is 79.9. The first-order valence-electron chi connectivity index (χ1n) is 6.90. The Morgan fingerprint density at radius 2 is 2.06 bits per heavy atom. The summed E-state index contributed by atoms with van der Waals surface area (Å²) in [6, 6.07) is 7.11. The molecule has 18 heavy (non-hydrogen) atoms. The Kier molecular flexibility index (Phi) is 4.05. The molecule has 0 aromatic heterocycles. The van der Waals surface area contributed by atoms with E-state index in [1.165, 1.54) is 30.5 Å². The van der Waals surface area contributed by atoms with Crippen molar-refractivity contribution in [1.29, 1.82) is 0 Å². The van der Waals surface area contributed by atoms with Crippen molar-refractivity contribution in [3.05, 3.63) is 28.2 Å². The van der Waals surface area contributed by atoms with Crippen molar-refractivity contribution in [2.75, 3.05) is 5.32 Å². The zero-order valence-electron chi connectivity index (χ0n) is 11.9. The van der Waals surface area contributed by atoms with Gasteiger partial charge in [0.25, 0.3) is 0 Å².